The van der Waals surface area contributed by atoms with Crippen molar-refractivity contribution >= 4 is 6.03 Å². The van der Waals surface area contributed by atoms with Crippen LogP contribution >= 0.6 is 0 Å². The van der Waals surface area contributed by atoms with Crippen LogP contribution in [-0.2, 0) is 9.47 Å². The number of carbonyl (C=O) groups excluding carboxylic acids is 1. The third kappa shape index (κ3) is 4.30. The van der Waals surface area contributed by atoms with Gasteiger partial charge in [0.05, 0.1) is 31.9 Å². The first-order chi connectivity index (χ1) is 12.5. The molecule has 2 heterocycles. The third-order valence-corrected chi connectivity index (χ3v) is 5.30. The predicted octanol–water partition coefficient (Wildman–Crippen LogP) is 2.98. The van der Waals surface area contributed by atoms with Gasteiger partial charge in [-0.05, 0) is 50.3 Å². The van der Waals surface area contributed by atoms with E-state index in [2.05, 4.69) is 19.2 Å². The van der Waals surface area contributed by atoms with E-state index in [-0.39, 0.29) is 17.6 Å². The number of hydrogen-bond acceptors (Lipinski definition) is 4. The van der Waals surface area contributed by atoms with Gasteiger partial charge in [-0.15, -0.1) is 0 Å². The van der Waals surface area contributed by atoms with E-state index >= 15 is 0 Å². The molecule has 0 aliphatic carbocycles. The molecule has 1 aromatic carbocycles. The number of amides is 2. The van der Waals surface area contributed by atoms with Gasteiger partial charge >= 0.3 is 6.03 Å². The quantitative estimate of drug-likeness (QED) is 0.895. The molecule has 144 valence electrons. The lowest BCUT2D eigenvalue weighted by atomic mass is 9.95. The Kier molecular flexibility index (Phi) is 6.04. The molecular formula is C20H30N2O4. The molecule has 0 saturated carbocycles. The van der Waals surface area contributed by atoms with Gasteiger partial charge in [0.25, 0.3) is 0 Å². The lowest BCUT2D eigenvalue weighted by Crippen LogP contribution is -2.59. The predicted molar refractivity (Wildman–Crippen MR) is 99.4 cm³/mol. The number of benzene rings is 1. The number of methoxy groups -OCH3 is 1. The number of ether oxygens (including phenoxy) is 3. The highest BCUT2D eigenvalue weighted by Gasteiger charge is 2.41. The fourth-order valence-corrected chi connectivity index (χ4v) is 3.74. The van der Waals surface area contributed by atoms with E-state index < -0.39 is 0 Å². The molecule has 1 unspecified atom stereocenters. The normalized spacial score (nSPS) is 23.5. The molecule has 2 aliphatic rings. The first kappa shape index (κ1) is 19.0. The Morgan fingerprint density at radius 1 is 1.23 bits per heavy atom. The third-order valence-electron chi connectivity index (χ3n) is 5.30. The lowest BCUT2D eigenvalue weighted by Gasteiger charge is -2.47. The average molecular weight is 362 g/mol. The van der Waals surface area contributed by atoms with Crippen LogP contribution in [0.1, 0.15) is 38.3 Å². The fourth-order valence-electron chi connectivity index (χ4n) is 3.74. The summed E-state index contributed by atoms with van der Waals surface area (Å²) in [4.78, 5) is 15.0. The highest BCUT2D eigenvalue weighted by Crippen LogP contribution is 2.34. The summed E-state index contributed by atoms with van der Waals surface area (Å²) in [6.07, 6.45) is 2.02. The second-order valence-corrected chi connectivity index (χ2v) is 7.73. The molecule has 3 rings (SSSR count). The molecule has 0 aromatic heterocycles. The molecule has 2 fully saturated rings. The first-order valence-electron chi connectivity index (χ1n) is 9.38. The Bertz CT molecular complexity index is 596. The second kappa shape index (κ2) is 8.27. The number of carbonyl (C=O) groups is 1. The van der Waals surface area contributed by atoms with Crippen molar-refractivity contribution in [2.75, 3.05) is 40.1 Å². The summed E-state index contributed by atoms with van der Waals surface area (Å²) in [5, 5.41) is 3.15. The summed E-state index contributed by atoms with van der Waals surface area (Å²) in [6, 6.07) is 7.73. The molecule has 6 heteroatoms. The van der Waals surface area contributed by atoms with Crippen LogP contribution in [0.15, 0.2) is 24.3 Å². The van der Waals surface area contributed by atoms with Crippen LogP contribution in [-0.4, -0.2) is 56.6 Å². The molecule has 0 bridgehead atoms. The van der Waals surface area contributed by atoms with Gasteiger partial charge in [0.1, 0.15) is 5.75 Å². The Balaban J connectivity index is 1.72. The zero-order valence-corrected chi connectivity index (χ0v) is 16.0. The largest absolute Gasteiger partial charge is 0.497 e. The minimum atomic E-state index is -0.372. The first-order valence-corrected chi connectivity index (χ1v) is 9.38. The number of rotatable bonds is 4. The Morgan fingerprint density at radius 2 is 1.92 bits per heavy atom. The maximum atomic E-state index is 13.1. The number of hydrogen-bond donors (Lipinski definition) is 1. The zero-order chi connectivity index (χ0) is 18.6. The van der Waals surface area contributed by atoms with Crippen LogP contribution in [0.5, 0.6) is 5.75 Å². The molecule has 26 heavy (non-hydrogen) atoms. The Labute approximate surface area is 155 Å². The van der Waals surface area contributed by atoms with Gasteiger partial charge in [0.2, 0.25) is 0 Å². The van der Waals surface area contributed by atoms with Crippen LogP contribution in [0, 0.1) is 5.92 Å². The number of nitrogens with zero attached hydrogens (tertiary/aromatic N) is 1. The summed E-state index contributed by atoms with van der Waals surface area (Å²) < 4.78 is 16.5. The summed E-state index contributed by atoms with van der Waals surface area (Å²) >= 11 is 0. The van der Waals surface area contributed by atoms with Gasteiger partial charge in [0, 0.05) is 19.8 Å². The van der Waals surface area contributed by atoms with Gasteiger partial charge in [-0.1, -0.05) is 12.1 Å². The summed E-state index contributed by atoms with van der Waals surface area (Å²) in [7, 11) is 1.65. The van der Waals surface area contributed by atoms with E-state index in [4.69, 9.17) is 14.2 Å². The van der Waals surface area contributed by atoms with Crippen molar-refractivity contribution in [2.24, 2.45) is 5.92 Å². The van der Waals surface area contributed by atoms with Crippen molar-refractivity contribution in [1.29, 1.82) is 0 Å². The van der Waals surface area contributed by atoms with Crippen molar-refractivity contribution in [3.8, 4) is 5.75 Å². The van der Waals surface area contributed by atoms with Crippen LogP contribution in [0.25, 0.3) is 0 Å². The van der Waals surface area contributed by atoms with Gasteiger partial charge in [-0.2, -0.15) is 0 Å². The highest BCUT2D eigenvalue weighted by molar-refractivity contribution is 5.76. The minimum Gasteiger partial charge on any atom is -0.497 e. The molecule has 6 nitrogen and oxygen atoms in total. The Morgan fingerprint density at radius 3 is 2.58 bits per heavy atom. The van der Waals surface area contributed by atoms with Crippen LogP contribution in [0.2, 0.25) is 0 Å². The maximum Gasteiger partial charge on any atom is 0.318 e. The van der Waals surface area contributed by atoms with Gasteiger partial charge in [0.15, 0.2) is 0 Å². The zero-order valence-electron chi connectivity index (χ0n) is 16.0. The van der Waals surface area contributed by atoms with E-state index in [1.54, 1.807) is 7.11 Å². The van der Waals surface area contributed by atoms with Crippen molar-refractivity contribution in [2.45, 2.75) is 38.3 Å². The molecule has 1 N–H and O–H groups in total. The van der Waals surface area contributed by atoms with E-state index in [0.29, 0.717) is 25.7 Å². The fraction of sp³-hybridized carbons (Fsp3) is 0.650. The van der Waals surface area contributed by atoms with E-state index in [0.717, 1.165) is 37.4 Å². The standard InChI is InChI=1S/C20H30N2O4/c1-20(2)14-26-13-18(16-4-6-17(24-3)7-5-16)22(20)19(23)21-12-15-8-10-25-11-9-15/h4-7,15,18H,8-14H2,1-3H3,(H,21,23). The van der Waals surface area contributed by atoms with E-state index in [1.807, 2.05) is 29.2 Å². The topological polar surface area (TPSA) is 60.0 Å². The van der Waals surface area contributed by atoms with Gasteiger partial charge < -0.3 is 24.4 Å². The van der Waals surface area contributed by atoms with E-state index in [9.17, 15) is 4.79 Å². The van der Waals surface area contributed by atoms with Crippen molar-refractivity contribution in [1.82, 2.24) is 10.2 Å². The summed E-state index contributed by atoms with van der Waals surface area (Å²) in [5.74, 6) is 1.30. The van der Waals surface area contributed by atoms with Crippen molar-refractivity contribution in [3.63, 3.8) is 0 Å². The van der Waals surface area contributed by atoms with Crippen molar-refractivity contribution < 1.29 is 19.0 Å². The average Bonchev–Trinajstić information content (AvgIpc) is 2.66. The van der Waals surface area contributed by atoms with Crippen LogP contribution in [0.3, 0.4) is 0 Å². The molecule has 2 aliphatic heterocycles. The SMILES string of the molecule is COc1ccc(C2COCC(C)(C)N2C(=O)NCC2CCOCC2)cc1. The summed E-state index contributed by atoms with van der Waals surface area (Å²) in [6.45, 7) is 7.42. The smallest absolute Gasteiger partial charge is 0.318 e. The monoisotopic (exact) mass is 362 g/mol. The molecule has 0 spiro atoms. The van der Waals surface area contributed by atoms with Gasteiger partial charge in [-0.25, -0.2) is 4.79 Å². The minimum absolute atomic E-state index is 0.0226. The molecular weight excluding hydrogens is 332 g/mol. The van der Waals surface area contributed by atoms with Crippen LogP contribution < -0.4 is 10.1 Å². The second-order valence-electron chi connectivity index (χ2n) is 7.73. The molecule has 1 atom stereocenters. The number of urea groups is 1. The number of morpholine rings is 1. The van der Waals surface area contributed by atoms with Crippen molar-refractivity contribution in [3.05, 3.63) is 29.8 Å². The number of nitrogens with one attached hydrogen (secondary N) is 1. The molecule has 1 aromatic rings. The van der Waals surface area contributed by atoms with Gasteiger partial charge in [-0.3, -0.25) is 0 Å². The summed E-state index contributed by atoms with van der Waals surface area (Å²) in [5.41, 5.74) is 0.683. The van der Waals surface area contributed by atoms with E-state index in [1.165, 1.54) is 0 Å². The van der Waals surface area contributed by atoms with Crippen LogP contribution in [0.4, 0.5) is 4.79 Å². The molecule has 0 radical (unpaired) electrons. The maximum absolute atomic E-state index is 13.1. The Hall–Kier alpha value is -1.79. The highest BCUT2D eigenvalue weighted by atomic mass is 16.5. The molecule has 2 amide bonds. The molecule has 2 saturated heterocycles. The lowest BCUT2D eigenvalue weighted by molar-refractivity contribution is -0.0659.